The lowest BCUT2D eigenvalue weighted by atomic mass is 10.0. The van der Waals surface area contributed by atoms with Gasteiger partial charge < -0.3 is 4.74 Å². The molecular formula is C25H25NOS. The highest BCUT2D eigenvalue weighted by atomic mass is 32.2. The van der Waals surface area contributed by atoms with Gasteiger partial charge in [-0.1, -0.05) is 74.1 Å². The Balaban J connectivity index is 1.87. The fourth-order valence-electron chi connectivity index (χ4n) is 2.55. The lowest BCUT2D eigenvalue weighted by molar-refractivity contribution is 0.478. The zero-order valence-electron chi connectivity index (χ0n) is 16.5. The molecule has 3 aromatic carbocycles. The van der Waals surface area contributed by atoms with E-state index in [9.17, 15) is 0 Å². The molecule has 28 heavy (non-hydrogen) atoms. The molecule has 0 aromatic heterocycles. The van der Waals surface area contributed by atoms with E-state index in [0.717, 1.165) is 26.9 Å². The molecule has 0 unspecified atom stereocenters. The van der Waals surface area contributed by atoms with Crippen molar-refractivity contribution >= 4 is 22.5 Å². The van der Waals surface area contributed by atoms with Gasteiger partial charge in [-0.05, 0) is 54.8 Å². The van der Waals surface area contributed by atoms with Crippen LogP contribution in [0.4, 0.5) is 5.69 Å². The Kier molecular flexibility index (Phi) is 7.10. The summed E-state index contributed by atoms with van der Waals surface area (Å²) < 4.78 is 5.82. The molecular weight excluding hydrogens is 362 g/mol. The minimum absolute atomic E-state index is 0.511. The van der Waals surface area contributed by atoms with E-state index < -0.39 is 0 Å². The molecule has 3 aromatic rings. The Morgan fingerprint density at radius 1 is 0.857 bits per heavy atom. The van der Waals surface area contributed by atoms with Crippen molar-refractivity contribution in [3.8, 4) is 5.75 Å². The Morgan fingerprint density at radius 3 is 2.07 bits per heavy atom. The molecule has 0 aliphatic carbocycles. The Hall–Kier alpha value is -2.78. The molecule has 0 amide bonds. The molecule has 0 saturated carbocycles. The van der Waals surface area contributed by atoms with Crippen LogP contribution in [0.25, 0.3) is 0 Å². The Morgan fingerprint density at radius 2 is 1.46 bits per heavy atom. The highest BCUT2D eigenvalue weighted by Gasteiger charge is 2.08. The summed E-state index contributed by atoms with van der Waals surface area (Å²) in [5.74, 6) is 1.32. The lowest BCUT2D eigenvalue weighted by Crippen LogP contribution is -1.97. The van der Waals surface area contributed by atoms with Crippen LogP contribution in [0.2, 0.25) is 0 Å². The van der Waals surface area contributed by atoms with E-state index >= 15 is 0 Å². The molecule has 0 fully saturated rings. The second-order valence-electron chi connectivity index (χ2n) is 6.81. The van der Waals surface area contributed by atoms with Crippen LogP contribution in [-0.4, -0.2) is 5.04 Å². The minimum atomic E-state index is 0.511. The van der Waals surface area contributed by atoms with Gasteiger partial charge >= 0.3 is 0 Å². The van der Waals surface area contributed by atoms with Crippen molar-refractivity contribution in [1.29, 1.82) is 0 Å². The van der Waals surface area contributed by atoms with Gasteiger partial charge in [0, 0.05) is 10.5 Å². The zero-order valence-corrected chi connectivity index (χ0v) is 17.3. The molecule has 0 atom stereocenters. The lowest BCUT2D eigenvalue weighted by Gasteiger charge is -2.09. The van der Waals surface area contributed by atoms with Crippen LogP contribution in [0.5, 0.6) is 5.75 Å². The van der Waals surface area contributed by atoms with Gasteiger partial charge in [0.1, 0.15) is 10.8 Å². The van der Waals surface area contributed by atoms with Crippen molar-refractivity contribution in [2.75, 3.05) is 0 Å². The van der Waals surface area contributed by atoms with Crippen molar-refractivity contribution in [2.45, 2.75) is 31.6 Å². The van der Waals surface area contributed by atoms with Crippen LogP contribution in [0.3, 0.4) is 0 Å². The number of benzene rings is 3. The standard InChI is InChI=1S/C25H25NOS/c1-19(2)21-14-16-22(17-15-21)26-25(28-24-12-8-5-9-13-24)20(3)18-27-23-10-6-4-7-11-23/h4-19H,1-3H3. The molecule has 0 saturated heterocycles. The SMILES string of the molecule is CC(=COc1ccccc1)C(=Nc1ccc(C(C)C)cc1)Sc1ccccc1. The first-order valence-corrected chi connectivity index (χ1v) is 10.2. The van der Waals surface area contributed by atoms with Crippen molar-refractivity contribution in [1.82, 2.24) is 0 Å². The molecule has 0 N–H and O–H groups in total. The predicted octanol–water partition coefficient (Wildman–Crippen LogP) is 7.62. The van der Waals surface area contributed by atoms with Gasteiger partial charge in [-0.25, -0.2) is 4.99 Å². The fourth-order valence-corrected chi connectivity index (χ4v) is 3.43. The first-order chi connectivity index (χ1) is 13.6. The van der Waals surface area contributed by atoms with E-state index in [1.54, 1.807) is 18.0 Å². The molecule has 2 nitrogen and oxygen atoms in total. The molecule has 0 spiro atoms. The summed E-state index contributed by atoms with van der Waals surface area (Å²) in [4.78, 5) is 6.04. The third kappa shape index (κ3) is 5.86. The molecule has 142 valence electrons. The van der Waals surface area contributed by atoms with Crippen LogP contribution >= 0.6 is 11.8 Å². The normalized spacial score (nSPS) is 12.3. The number of hydrogen-bond acceptors (Lipinski definition) is 3. The summed E-state index contributed by atoms with van der Waals surface area (Å²) in [5, 5.41) is 0.916. The van der Waals surface area contributed by atoms with Crippen molar-refractivity contribution < 1.29 is 4.74 Å². The van der Waals surface area contributed by atoms with Gasteiger partial charge in [-0.3, -0.25) is 0 Å². The quantitative estimate of drug-likeness (QED) is 0.188. The maximum atomic E-state index is 5.82. The maximum Gasteiger partial charge on any atom is 0.126 e. The summed E-state index contributed by atoms with van der Waals surface area (Å²) in [6.45, 7) is 6.42. The topological polar surface area (TPSA) is 21.6 Å². The summed E-state index contributed by atoms with van der Waals surface area (Å²) in [6, 6.07) is 28.5. The summed E-state index contributed by atoms with van der Waals surface area (Å²) in [6.07, 6.45) is 1.77. The van der Waals surface area contributed by atoms with Crippen molar-refractivity contribution in [3.63, 3.8) is 0 Å². The van der Waals surface area contributed by atoms with Gasteiger partial charge in [-0.2, -0.15) is 0 Å². The maximum absolute atomic E-state index is 5.82. The van der Waals surface area contributed by atoms with Gasteiger partial charge in [-0.15, -0.1) is 0 Å². The first kappa shape index (κ1) is 20.0. The van der Waals surface area contributed by atoms with Crippen LogP contribution < -0.4 is 4.74 Å². The number of rotatable bonds is 6. The summed E-state index contributed by atoms with van der Waals surface area (Å²) in [7, 11) is 0. The third-order valence-electron chi connectivity index (χ3n) is 4.20. The average molecular weight is 388 g/mol. The second-order valence-corrected chi connectivity index (χ2v) is 7.87. The Bertz CT molecular complexity index is 929. The van der Waals surface area contributed by atoms with Crippen molar-refractivity contribution in [3.05, 3.63) is 102 Å². The van der Waals surface area contributed by atoms with E-state index in [0.29, 0.717) is 5.92 Å². The van der Waals surface area contributed by atoms with Gasteiger partial charge in [0.25, 0.3) is 0 Å². The molecule has 0 aliphatic heterocycles. The molecule has 3 heteroatoms. The predicted molar refractivity (Wildman–Crippen MR) is 121 cm³/mol. The van der Waals surface area contributed by atoms with E-state index in [2.05, 4.69) is 50.2 Å². The van der Waals surface area contributed by atoms with Gasteiger partial charge in [0.2, 0.25) is 0 Å². The van der Waals surface area contributed by atoms with E-state index in [1.807, 2.05) is 55.5 Å². The van der Waals surface area contributed by atoms with E-state index in [4.69, 9.17) is 9.73 Å². The van der Waals surface area contributed by atoms with Crippen molar-refractivity contribution in [2.24, 2.45) is 4.99 Å². The second kappa shape index (κ2) is 9.95. The smallest absolute Gasteiger partial charge is 0.126 e. The number of nitrogens with zero attached hydrogens (tertiary/aromatic N) is 1. The number of thioether (sulfide) groups is 1. The summed E-state index contributed by atoms with van der Waals surface area (Å²) in [5.41, 5.74) is 3.23. The average Bonchev–Trinajstić information content (AvgIpc) is 2.73. The van der Waals surface area contributed by atoms with Crippen LogP contribution in [0.1, 0.15) is 32.3 Å². The number of hydrogen-bond donors (Lipinski definition) is 0. The molecule has 0 bridgehead atoms. The molecule has 3 rings (SSSR count). The van der Waals surface area contributed by atoms with E-state index in [-0.39, 0.29) is 0 Å². The van der Waals surface area contributed by atoms with Gasteiger partial charge in [0.15, 0.2) is 0 Å². The number of aliphatic imine (C=N–C) groups is 1. The summed E-state index contributed by atoms with van der Waals surface area (Å²) >= 11 is 1.64. The third-order valence-corrected chi connectivity index (χ3v) is 5.31. The largest absolute Gasteiger partial charge is 0.465 e. The fraction of sp³-hybridized carbons (Fsp3) is 0.160. The number of para-hydroxylation sites is 1. The molecule has 0 heterocycles. The number of ether oxygens (including phenoxy) is 1. The Labute approximate surface area is 172 Å². The van der Waals surface area contributed by atoms with E-state index in [1.165, 1.54) is 5.56 Å². The first-order valence-electron chi connectivity index (χ1n) is 9.42. The highest BCUT2D eigenvalue weighted by Crippen LogP contribution is 2.27. The zero-order chi connectivity index (χ0) is 19.8. The molecule has 0 radical (unpaired) electrons. The monoisotopic (exact) mass is 387 g/mol. The minimum Gasteiger partial charge on any atom is -0.465 e. The van der Waals surface area contributed by atoms with Crippen LogP contribution in [0.15, 0.2) is 107 Å². The molecule has 0 aliphatic rings. The highest BCUT2D eigenvalue weighted by molar-refractivity contribution is 8.14. The van der Waals surface area contributed by atoms with Crippen LogP contribution in [0, 0.1) is 0 Å². The van der Waals surface area contributed by atoms with Crippen LogP contribution in [-0.2, 0) is 0 Å². The van der Waals surface area contributed by atoms with Gasteiger partial charge in [0.05, 0.1) is 11.9 Å².